The third-order valence-electron chi connectivity index (χ3n) is 2.13. The number of ether oxygens (including phenoxy) is 1. The highest BCUT2D eigenvalue weighted by molar-refractivity contribution is 7.91. The third kappa shape index (κ3) is 4.50. The maximum absolute atomic E-state index is 12.0. The summed E-state index contributed by atoms with van der Waals surface area (Å²) in [6.07, 6.45) is 1.05. The lowest BCUT2D eigenvalue weighted by atomic mass is 10.4. The van der Waals surface area contributed by atoms with Crippen molar-refractivity contribution < 1.29 is 13.2 Å². The van der Waals surface area contributed by atoms with Crippen molar-refractivity contribution in [2.75, 3.05) is 18.2 Å². The van der Waals surface area contributed by atoms with Gasteiger partial charge in [0, 0.05) is 5.88 Å². The van der Waals surface area contributed by atoms with Crippen molar-refractivity contribution >= 4 is 21.4 Å². The molecule has 0 saturated carbocycles. The smallest absolute Gasteiger partial charge is 0.180 e. The number of hydrogen-bond acceptors (Lipinski definition) is 3. The maximum atomic E-state index is 12.0. The van der Waals surface area contributed by atoms with Gasteiger partial charge in [-0.1, -0.05) is 24.3 Å². The van der Waals surface area contributed by atoms with Crippen molar-refractivity contribution in [2.24, 2.45) is 0 Å². The minimum Gasteiger partial charge on any atom is -0.372 e. The van der Waals surface area contributed by atoms with Crippen LogP contribution < -0.4 is 0 Å². The van der Waals surface area contributed by atoms with Crippen LogP contribution in [0.5, 0.6) is 0 Å². The van der Waals surface area contributed by atoms with E-state index in [1.807, 2.05) is 0 Å². The van der Waals surface area contributed by atoms with Crippen LogP contribution in [-0.4, -0.2) is 32.8 Å². The van der Waals surface area contributed by atoms with Crippen molar-refractivity contribution in [1.29, 1.82) is 0 Å². The molecule has 94 valence electrons. The second-order valence-corrected chi connectivity index (χ2v) is 5.84. The van der Waals surface area contributed by atoms with Gasteiger partial charge in [-0.25, -0.2) is 8.42 Å². The monoisotopic (exact) mass is 274 g/mol. The van der Waals surface area contributed by atoms with E-state index in [1.54, 1.807) is 36.4 Å². The van der Waals surface area contributed by atoms with Crippen molar-refractivity contribution in [3.05, 3.63) is 43.0 Å². The first-order chi connectivity index (χ1) is 8.10. The second kappa shape index (κ2) is 6.79. The summed E-state index contributed by atoms with van der Waals surface area (Å²) in [4.78, 5) is 0.289. The summed E-state index contributed by atoms with van der Waals surface area (Å²) < 4.78 is 29.3. The van der Waals surface area contributed by atoms with Crippen molar-refractivity contribution in [2.45, 2.75) is 11.0 Å². The molecule has 0 fully saturated rings. The Morgan fingerprint density at radius 2 is 2.00 bits per heavy atom. The summed E-state index contributed by atoms with van der Waals surface area (Å²) in [5, 5.41) is 0. The fraction of sp³-hybridized carbons (Fsp3) is 0.333. The van der Waals surface area contributed by atoms with Crippen LogP contribution in [0.3, 0.4) is 0 Å². The minimum absolute atomic E-state index is 0.117. The molecule has 1 unspecified atom stereocenters. The van der Waals surface area contributed by atoms with E-state index in [0.29, 0.717) is 6.61 Å². The van der Waals surface area contributed by atoms with Gasteiger partial charge in [0.2, 0.25) is 0 Å². The molecular formula is C12H15ClO3S. The third-order valence-corrected chi connectivity index (χ3v) is 4.27. The number of sulfone groups is 1. The second-order valence-electron chi connectivity index (χ2n) is 3.49. The van der Waals surface area contributed by atoms with E-state index >= 15 is 0 Å². The zero-order chi connectivity index (χ0) is 12.7. The van der Waals surface area contributed by atoms with Crippen molar-refractivity contribution in [3.8, 4) is 0 Å². The lowest BCUT2D eigenvalue weighted by molar-refractivity contribution is 0.107. The van der Waals surface area contributed by atoms with Gasteiger partial charge in [0.1, 0.15) is 0 Å². The van der Waals surface area contributed by atoms with E-state index in [-0.39, 0.29) is 16.5 Å². The molecule has 1 aromatic carbocycles. The Kier molecular flexibility index (Phi) is 5.68. The maximum Gasteiger partial charge on any atom is 0.180 e. The zero-order valence-corrected chi connectivity index (χ0v) is 11.0. The summed E-state index contributed by atoms with van der Waals surface area (Å²) in [6, 6.07) is 8.27. The van der Waals surface area contributed by atoms with Gasteiger partial charge in [-0.05, 0) is 12.1 Å². The number of benzene rings is 1. The van der Waals surface area contributed by atoms with Crippen LogP contribution in [0, 0.1) is 0 Å². The molecule has 0 aliphatic carbocycles. The van der Waals surface area contributed by atoms with Gasteiger partial charge in [0.05, 0.1) is 23.4 Å². The Bertz CT molecular complexity index is 442. The molecule has 0 N–H and O–H groups in total. The molecule has 1 aromatic rings. The van der Waals surface area contributed by atoms with Gasteiger partial charge in [-0.2, -0.15) is 0 Å². The molecule has 0 aliphatic heterocycles. The molecule has 3 nitrogen and oxygen atoms in total. The molecule has 0 radical (unpaired) electrons. The summed E-state index contributed by atoms with van der Waals surface area (Å²) in [5.74, 6) is 0.0221. The molecule has 0 heterocycles. The highest BCUT2D eigenvalue weighted by atomic mass is 35.5. The van der Waals surface area contributed by atoms with Crippen molar-refractivity contribution in [3.63, 3.8) is 0 Å². The Hall–Kier alpha value is -0.840. The van der Waals surface area contributed by atoms with Crippen LogP contribution in [0.2, 0.25) is 0 Å². The Morgan fingerprint density at radius 1 is 1.35 bits per heavy atom. The standard InChI is InChI=1S/C12H15ClO3S/c1-2-8-16-11(9-13)10-17(14,15)12-6-4-3-5-7-12/h2-7,11H,1,8-10H2. The first kappa shape index (κ1) is 14.2. The molecule has 1 atom stereocenters. The lowest BCUT2D eigenvalue weighted by Crippen LogP contribution is -2.26. The summed E-state index contributed by atoms with van der Waals surface area (Å²) in [6.45, 7) is 3.80. The summed E-state index contributed by atoms with van der Waals surface area (Å²) in [5.41, 5.74) is 0. The largest absolute Gasteiger partial charge is 0.372 e. The predicted molar refractivity (Wildman–Crippen MR) is 69.2 cm³/mol. The Balaban J connectivity index is 2.75. The van der Waals surface area contributed by atoms with E-state index in [2.05, 4.69) is 6.58 Å². The van der Waals surface area contributed by atoms with Gasteiger partial charge in [-0.15, -0.1) is 18.2 Å². The summed E-state index contributed by atoms with van der Waals surface area (Å²) >= 11 is 5.67. The van der Waals surface area contributed by atoms with Crippen LogP contribution >= 0.6 is 11.6 Å². The number of halogens is 1. The van der Waals surface area contributed by atoms with E-state index in [4.69, 9.17) is 16.3 Å². The van der Waals surface area contributed by atoms with Gasteiger partial charge >= 0.3 is 0 Å². The van der Waals surface area contributed by atoms with Crippen molar-refractivity contribution in [1.82, 2.24) is 0 Å². The van der Waals surface area contributed by atoms with Gasteiger partial charge in [-0.3, -0.25) is 0 Å². The molecule has 1 rings (SSSR count). The van der Waals surface area contributed by atoms with Crippen LogP contribution in [0.4, 0.5) is 0 Å². The van der Waals surface area contributed by atoms with E-state index < -0.39 is 15.9 Å². The van der Waals surface area contributed by atoms with E-state index in [9.17, 15) is 8.42 Å². The van der Waals surface area contributed by atoms with Gasteiger partial charge in [0.25, 0.3) is 0 Å². The minimum atomic E-state index is -3.35. The van der Waals surface area contributed by atoms with Gasteiger partial charge < -0.3 is 4.74 Å². The Morgan fingerprint density at radius 3 is 2.53 bits per heavy atom. The van der Waals surface area contributed by atoms with Gasteiger partial charge in [0.15, 0.2) is 9.84 Å². The Labute approximate surface area is 107 Å². The number of hydrogen-bond donors (Lipinski definition) is 0. The highest BCUT2D eigenvalue weighted by Gasteiger charge is 2.20. The number of alkyl halides is 1. The quantitative estimate of drug-likeness (QED) is 0.566. The molecular weight excluding hydrogens is 260 g/mol. The highest BCUT2D eigenvalue weighted by Crippen LogP contribution is 2.13. The molecule has 0 saturated heterocycles. The predicted octanol–water partition coefficient (Wildman–Crippen LogP) is 2.27. The lowest BCUT2D eigenvalue weighted by Gasteiger charge is -2.14. The molecule has 0 amide bonds. The molecule has 0 bridgehead atoms. The van der Waals surface area contributed by atoms with E-state index in [1.165, 1.54) is 0 Å². The molecule has 0 aromatic heterocycles. The molecule has 5 heteroatoms. The van der Waals surface area contributed by atoms with Crippen LogP contribution in [-0.2, 0) is 14.6 Å². The van der Waals surface area contributed by atoms with Crippen LogP contribution in [0.1, 0.15) is 0 Å². The average molecular weight is 275 g/mol. The fourth-order valence-corrected chi connectivity index (χ4v) is 3.11. The summed E-state index contributed by atoms with van der Waals surface area (Å²) in [7, 11) is -3.35. The molecule has 17 heavy (non-hydrogen) atoms. The normalized spacial score (nSPS) is 13.2. The average Bonchev–Trinajstić information content (AvgIpc) is 2.35. The molecule has 0 aliphatic rings. The van der Waals surface area contributed by atoms with Crippen LogP contribution in [0.15, 0.2) is 47.9 Å². The fourth-order valence-electron chi connectivity index (χ4n) is 1.31. The van der Waals surface area contributed by atoms with Crippen LogP contribution in [0.25, 0.3) is 0 Å². The molecule has 0 spiro atoms. The zero-order valence-electron chi connectivity index (χ0n) is 9.38. The number of rotatable bonds is 7. The SMILES string of the molecule is C=CCOC(CCl)CS(=O)(=O)c1ccccc1. The first-order valence-electron chi connectivity index (χ1n) is 5.16. The van der Waals surface area contributed by atoms with E-state index in [0.717, 1.165) is 0 Å². The first-order valence-corrected chi connectivity index (χ1v) is 7.35. The topological polar surface area (TPSA) is 43.4 Å².